The Morgan fingerprint density at radius 2 is 2.32 bits per heavy atom. The van der Waals surface area contributed by atoms with Crippen molar-refractivity contribution in [1.82, 2.24) is 4.98 Å². The van der Waals surface area contributed by atoms with Crippen molar-refractivity contribution in [3.63, 3.8) is 0 Å². The number of primary amides is 1. The van der Waals surface area contributed by atoms with Gasteiger partial charge in [-0.1, -0.05) is 6.07 Å². The van der Waals surface area contributed by atoms with Crippen LogP contribution in [0.3, 0.4) is 0 Å². The number of amides is 1. The van der Waals surface area contributed by atoms with E-state index >= 15 is 0 Å². The average molecular weight is 299 g/mol. The fraction of sp³-hybridized carbons (Fsp3) is 0.412. The third-order valence-electron chi connectivity index (χ3n) is 4.29. The Balaban J connectivity index is 1.98. The van der Waals surface area contributed by atoms with Crippen molar-refractivity contribution in [2.45, 2.75) is 12.8 Å². The molecular formula is C17H21N3O2. The minimum Gasteiger partial charge on any atom is -0.384 e. The Morgan fingerprint density at radius 3 is 3.09 bits per heavy atom. The van der Waals surface area contributed by atoms with E-state index in [-0.39, 0.29) is 0 Å². The van der Waals surface area contributed by atoms with Crippen molar-refractivity contribution < 1.29 is 9.53 Å². The highest BCUT2D eigenvalue weighted by Crippen LogP contribution is 2.30. The molecule has 5 nitrogen and oxygen atoms in total. The summed E-state index contributed by atoms with van der Waals surface area (Å²) in [6.07, 6.45) is 6.03. The first-order valence-electron chi connectivity index (χ1n) is 7.60. The molecule has 22 heavy (non-hydrogen) atoms. The van der Waals surface area contributed by atoms with Gasteiger partial charge in [0.1, 0.15) is 0 Å². The molecule has 0 unspecified atom stereocenters. The maximum Gasteiger partial charge on any atom is 0.248 e. The number of anilines is 1. The molecule has 1 aliphatic heterocycles. The van der Waals surface area contributed by atoms with E-state index in [0.717, 1.165) is 42.6 Å². The van der Waals surface area contributed by atoms with Gasteiger partial charge in [0.15, 0.2) is 0 Å². The lowest BCUT2D eigenvalue weighted by atomic mass is 9.97. The summed E-state index contributed by atoms with van der Waals surface area (Å²) < 4.78 is 5.30. The van der Waals surface area contributed by atoms with Gasteiger partial charge in [-0.3, -0.25) is 9.78 Å². The van der Waals surface area contributed by atoms with Gasteiger partial charge in [-0.25, -0.2) is 0 Å². The van der Waals surface area contributed by atoms with Gasteiger partial charge < -0.3 is 15.4 Å². The zero-order valence-electron chi connectivity index (χ0n) is 12.8. The number of methoxy groups -OCH3 is 1. The number of nitrogens with two attached hydrogens (primary N) is 1. The first kappa shape index (κ1) is 14.8. The van der Waals surface area contributed by atoms with Crippen LogP contribution in [0.2, 0.25) is 0 Å². The molecule has 0 radical (unpaired) electrons. The molecule has 0 aliphatic carbocycles. The summed E-state index contributed by atoms with van der Waals surface area (Å²) in [5.41, 5.74) is 7.01. The van der Waals surface area contributed by atoms with Crippen LogP contribution in [-0.4, -0.2) is 37.7 Å². The van der Waals surface area contributed by atoms with Crippen molar-refractivity contribution in [2.24, 2.45) is 11.7 Å². The number of aromatic nitrogens is 1. The number of nitrogens with zero attached hydrogens (tertiary/aromatic N) is 2. The number of ether oxygens (including phenoxy) is 1. The van der Waals surface area contributed by atoms with Gasteiger partial charge in [0, 0.05) is 42.7 Å². The number of benzene rings is 1. The second kappa shape index (κ2) is 6.32. The summed E-state index contributed by atoms with van der Waals surface area (Å²) in [7, 11) is 1.75. The Kier molecular flexibility index (Phi) is 4.24. The quantitative estimate of drug-likeness (QED) is 0.939. The van der Waals surface area contributed by atoms with Gasteiger partial charge in [-0.05, 0) is 30.9 Å². The SMILES string of the molecule is COC[C@H]1CCCN(c2cncc3ccc(C(N)=O)cc23)C1. The van der Waals surface area contributed by atoms with Crippen LogP contribution in [0.15, 0.2) is 30.6 Å². The molecule has 116 valence electrons. The smallest absolute Gasteiger partial charge is 0.248 e. The molecule has 1 aromatic heterocycles. The van der Waals surface area contributed by atoms with Gasteiger partial charge in [0.25, 0.3) is 0 Å². The summed E-state index contributed by atoms with van der Waals surface area (Å²) in [6.45, 7) is 2.73. The van der Waals surface area contributed by atoms with Gasteiger partial charge in [-0.15, -0.1) is 0 Å². The van der Waals surface area contributed by atoms with E-state index in [1.54, 1.807) is 13.2 Å². The zero-order chi connectivity index (χ0) is 15.5. The summed E-state index contributed by atoms with van der Waals surface area (Å²) in [5, 5.41) is 2.06. The van der Waals surface area contributed by atoms with Crippen LogP contribution < -0.4 is 10.6 Å². The van der Waals surface area contributed by atoms with Crippen LogP contribution in [-0.2, 0) is 4.74 Å². The van der Waals surface area contributed by atoms with Crippen LogP contribution in [0, 0.1) is 5.92 Å². The van der Waals surface area contributed by atoms with Crippen molar-refractivity contribution >= 4 is 22.4 Å². The summed E-state index contributed by atoms with van der Waals surface area (Å²) in [4.78, 5) is 18.1. The first-order chi connectivity index (χ1) is 10.7. The number of hydrogen-bond acceptors (Lipinski definition) is 4. The van der Waals surface area contributed by atoms with Crippen LogP contribution in [0.5, 0.6) is 0 Å². The molecule has 1 saturated heterocycles. The second-order valence-corrected chi connectivity index (χ2v) is 5.87. The Hall–Kier alpha value is -2.14. The lowest BCUT2D eigenvalue weighted by Crippen LogP contribution is -2.37. The highest BCUT2D eigenvalue weighted by atomic mass is 16.5. The molecule has 1 amide bonds. The highest BCUT2D eigenvalue weighted by Gasteiger charge is 2.21. The molecule has 0 bridgehead atoms. The van der Waals surface area contributed by atoms with E-state index in [2.05, 4.69) is 9.88 Å². The Bertz CT molecular complexity index is 685. The predicted octanol–water partition coefficient (Wildman–Crippen LogP) is 2.20. The summed E-state index contributed by atoms with van der Waals surface area (Å²) >= 11 is 0. The summed E-state index contributed by atoms with van der Waals surface area (Å²) in [6, 6.07) is 5.52. The minimum atomic E-state index is -0.402. The molecular weight excluding hydrogens is 278 g/mol. The van der Waals surface area contributed by atoms with E-state index in [1.807, 2.05) is 24.5 Å². The number of carbonyl (C=O) groups is 1. The Morgan fingerprint density at radius 1 is 1.45 bits per heavy atom. The maximum absolute atomic E-state index is 11.4. The second-order valence-electron chi connectivity index (χ2n) is 5.87. The molecule has 5 heteroatoms. The topological polar surface area (TPSA) is 68.4 Å². The molecule has 2 aromatic rings. The van der Waals surface area contributed by atoms with Crippen molar-refractivity contribution in [2.75, 3.05) is 31.7 Å². The maximum atomic E-state index is 11.4. The molecule has 2 N–H and O–H groups in total. The van der Waals surface area contributed by atoms with Crippen molar-refractivity contribution in [3.8, 4) is 0 Å². The van der Waals surface area contributed by atoms with E-state index < -0.39 is 5.91 Å². The van der Waals surface area contributed by atoms with E-state index in [4.69, 9.17) is 10.5 Å². The van der Waals surface area contributed by atoms with Crippen molar-refractivity contribution in [1.29, 1.82) is 0 Å². The molecule has 0 saturated carbocycles. The lowest BCUT2D eigenvalue weighted by Gasteiger charge is -2.34. The molecule has 0 spiro atoms. The minimum absolute atomic E-state index is 0.402. The van der Waals surface area contributed by atoms with Gasteiger partial charge >= 0.3 is 0 Å². The zero-order valence-corrected chi connectivity index (χ0v) is 12.8. The molecule has 3 rings (SSSR count). The normalized spacial score (nSPS) is 18.6. The number of pyridine rings is 1. The first-order valence-corrected chi connectivity index (χ1v) is 7.60. The largest absolute Gasteiger partial charge is 0.384 e. The Labute approximate surface area is 130 Å². The van der Waals surface area contributed by atoms with Crippen LogP contribution in [0.4, 0.5) is 5.69 Å². The molecule has 2 heterocycles. The number of carbonyl (C=O) groups excluding carboxylic acids is 1. The number of rotatable bonds is 4. The van der Waals surface area contributed by atoms with E-state index in [1.165, 1.54) is 6.42 Å². The summed E-state index contributed by atoms with van der Waals surface area (Å²) in [5.74, 6) is 0.133. The number of piperidine rings is 1. The molecule has 1 aliphatic rings. The monoisotopic (exact) mass is 299 g/mol. The number of hydrogen-bond donors (Lipinski definition) is 1. The molecule has 1 aromatic carbocycles. The molecule has 1 atom stereocenters. The van der Waals surface area contributed by atoms with Crippen LogP contribution in [0.1, 0.15) is 23.2 Å². The van der Waals surface area contributed by atoms with Gasteiger partial charge in [0.05, 0.1) is 18.5 Å². The highest BCUT2D eigenvalue weighted by molar-refractivity contribution is 6.01. The standard InChI is InChI=1S/C17H21N3O2/c1-22-11-12-3-2-6-20(10-12)16-9-19-8-14-5-4-13(17(18)21)7-15(14)16/h4-5,7-9,12H,2-3,6,10-11H2,1H3,(H2,18,21)/t12-/m0/s1. The van der Waals surface area contributed by atoms with Crippen LogP contribution in [0.25, 0.3) is 10.8 Å². The lowest BCUT2D eigenvalue weighted by molar-refractivity contribution is 0.100. The van der Waals surface area contributed by atoms with E-state index in [9.17, 15) is 4.79 Å². The fourth-order valence-electron chi connectivity index (χ4n) is 3.21. The molecule has 1 fully saturated rings. The van der Waals surface area contributed by atoms with Crippen molar-refractivity contribution in [3.05, 3.63) is 36.2 Å². The van der Waals surface area contributed by atoms with Gasteiger partial charge in [0.2, 0.25) is 5.91 Å². The van der Waals surface area contributed by atoms with E-state index in [0.29, 0.717) is 11.5 Å². The average Bonchev–Trinajstić information content (AvgIpc) is 2.54. The van der Waals surface area contributed by atoms with Crippen LogP contribution >= 0.6 is 0 Å². The fourth-order valence-corrected chi connectivity index (χ4v) is 3.21. The third-order valence-corrected chi connectivity index (χ3v) is 4.29. The van der Waals surface area contributed by atoms with Gasteiger partial charge in [-0.2, -0.15) is 0 Å². The predicted molar refractivity (Wildman–Crippen MR) is 87.1 cm³/mol. The number of fused-ring (bicyclic) bond motifs is 1. The third kappa shape index (κ3) is 2.90.